The van der Waals surface area contributed by atoms with Crippen molar-refractivity contribution in [1.82, 2.24) is 0 Å². The number of nitrogens with zero attached hydrogens (tertiary/aromatic N) is 2. The number of benzene rings is 3. The molecule has 0 unspecified atom stereocenters. The predicted molar refractivity (Wildman–Crippen MR) is 101 cm³/mol. The molecule has 0 saturated carbocycles. The summed E-state index contributed by atoms with van der Waals surface area (Å²) in [6, 6.07) is 13.1. The summed E-state index contributed by atoms with van der Waals surface area (Å²) in [4.78, 5) is 0.651. The first-order valence-corrected chi connectivity index (χ1v) is 8.64. The van der Waals surface area contributed by atoms with Gasteiger partial charge in [-0.3, -0.25) is 0 Å². The van der Waals surface area contributed by atoms with E-state index in [2.05, 4.69) is 19.6 Å². The Morgan fingerprint density at radius 3 is 2.46 bits per heavy atom. The molecule has 26 heavy (non-hydrogen) atoms. The lowest BCUT2D eigenvalue weighted by molar-refractivity contribution is -0.432. The lowest BCUT2D eigenvalue weighted by Crippen LogP contribution is -1.85. The van der Waals surface area contributed by atoms with Gasteiger partial charge in [0.2, 0.25) is 0 Å². The molecule has 0 aliphatic carbocycles. The molecule has 0 aromatic heterocycles. The number of phenolic OH excluding ortho intramolecular Hbond substituents is 1. The van der Waals surface area contributed by atoms with E-state index in [0.717, 1.165) is 39.5 Å². The van der Waals surface area contributed by atoms with Crippen molar-refractivity contribution in [2.75, 3.05) is 0 Å². The van der Waals surface area contributed by atoms with Crippen molar-refractivity contribution in [2.24, 2.45) is 10.2 Å². The average Bonchev–Trinajstić information content (AvgIpc) is 2.64. The minimum Gasteiger partial charge on any atom is -0.507 e. The van der Waals surface area contributed by atoms with E-state index < -0.39 is 0 Å². The van der Waals surface area contributed by atoms with E-state index in [9.17, 15) is 5.11 Å². The molecule has 6 nitrogen and oxygen atoms in total. The SMILES string of the molecule is Cc1ccc(N=Nc2cccc3c(O)c(C)c(C)cc23)c(SOOO)c1. The maximum absolute atomic E-state index is 10.4. The smallest absolute Gasteiger partial charge is 0.126 e. The molecule has 0 aliphatic heterocycles. The number of fused-ring (bicyclic) bond motifs is 1. The van der Waals surface area contributed by atoms with Crippen molar-refractivity contribution >= 4 is 34.2 Å². The van der Waals surface area contributed by atoms with Crippen LogP contribution in [-0.4, -0.2) is 10.4 Å². The fraction of sp³-hybridized carbons (Fsp3) is 0.158. The van der Waals surface area contributed by atoms with E-state index in [0.29, 0.717) is 16.3 Å². The van der Waals surface area contributed by atoms with Gasteiger partial charge in [-0.15, -0.1) is 14.6 Å². The van der Waals surface area contributed by atoms with Crippen LogP contribution in [0.2, 0.25) is 0 Å². The summed E-state index contributed by atoms with van der Waals surface area (Å²) >= 11 is 0.841. The first kappa shape index (κ1) is 18.3. The van der Waals surface area contributed by atoms with E-state index in [4.69, 9.17) is 5.26 Å². The summed E-state index contributed by atoms with van der Waals surface area (Å²) in [5.41, 5.74) is 4.07. The zero-order valence-corrected chi connectivity index (χ0v) is 15.4. The molecule has 0 spiro atoms. The van der Waals surface area contributed by atoms with Crippen LogP contribution in [0.1, 0.15) is 16.7 Å². The first-order chi connectivity index (χ1) is 12.5. The summed E-state index contributed by atoms with van der Waals surface area (Å²) in [5, 5.41) is 32.6. The molecule has 0 atom stereocenters. The van der Waals surface area contributed by atoms with Gasteiger partial charge in [0.1, 0.15) is 11.4 Å². The molecular weight excluding hydrogens is 352 g/mol. The highest BCUT2D eigenvalue weighted by molar-refractivity contribution is 7.94. The molecule has 0 bridgehead atoms. The topological polar surface area (TPSA) is 83.6 Å². The summed E-state index contributed by atoms with van der Waals surface area (Å²) in [6.07, 6.45) is 0. The number of aromatic hydroxyl groups is 1. The lowest BCUT2D eigenvalue weighted by Gasteiger charge is -2.09. The minimum absolute atomic E-state index is 0.261. The fourth-order valence-corrected chi connectivity index (χ4v) is 3.17. The predicted octanol–water partition coefficient (Wildman–Crippen LogP) is 6.31. The van der Waals surface area contributed by atoms with Gasteiger partial charge in [0.15, 0.2) is 0 Å². The summed E-state index contributed by atoms with van der Waals surface area (Å²) in [7, 11) is 0. The highest BCUT2D eigenvalue weighted by atomic mass is 32.2. The highest BCUT2D eigenvalue weighted by Gasteiger charge is 2.10. The third-order valence-electron chi connectivity index (χ3n) is 4.18. The van der Waals surface area contributed by atoms with Gasteiger partial charge in [0.25, 0.3) is 0 Å². The number of rotatable bonds is 5. The Balaban J connectivity index is 2.04. The Labute approximate surface area is 155 Å². The molecule has 0 heterocycles. The number of aryl methyl sites for hydroxylation is 2. The van der Waals surface area contributed by atoms with Crippen molar-refractivity contribution in [2.45, 2.75) is 25.7 Å². The zero-order valence-electron chi connectivity index (χ0n) is 14.6. The van der Waals surface area contributed by atoms with Gasteiger partial charge in [-0.2, -0.15) is 0 Å². The van der Waals surface area contributed by atoms with Gasteiger partial charge in [-0.25, -0.2) is 5.26 Å². The van der Waals surface area contributed by atoms with Gasteiger partial charge < -0.3 is 5.11 Å². The van der Waals surface area contributed by atoms with E-state index in [1.807, 2.05) is 57.2 Å². The maximum Gasteiger partial charge on any atom is 0.126 e. The second-order valence-electron chi connectivity index (χ2n) is 5.94. The largest absolute Gasteiger partial charge is 0.507 e. The van der Waals surface area contributed by atoms with Crippen LogP contribution >= 0.6 is 12.0 Å². The van der Waals surface area contributed by atoms with Gasteiger partial charge >= 0.3 is 0 Å². The van der Waals surface area contributed by atoms with Crippen molar-refractivity contribution in [1.29, 1.82) is 0 Å². The molecule has 134 valence electrons. The van der Waals surface area contributed by atoms with Gasteiger partial charge in [-0.05, 0) is 61.7 Å². The van der Waals surface area contributed by atoms with Crippen LogP contribution in [-0.2, 0) is 9.37 Å². The molecular formula is C19H18N2O4S. The molecule has 0 saturated heterocycles. The van der Waals surface area contributed by atoms with Crippen LogP contribution in [0.3, 0.4) is 0 Å². The molecule has 0 radical (unpaired) electrons. The molecule has 7 heteroatoms. The molecule has 3 rings (SSSR count). The normalized spacial score (nSPS) is 11.5. The number of hydrogen-bond donors (Lipinski definition) is 2. The van der Waals surface area contributed by atoms with Gasteiger partial charge in [-0.1, -0.05) is 23.2 Å². The molecule has 2 N–H and O–H groups in total. The Morgan fingerprint density at radius 1 is 0.923 bits per heavy atom. The molecule has 0 aliphatic rings. The minimum atomic E-state index is 0.261. The van der Waals surface area contributed by atoms with Crippen molar-refractivity contribution < 1.29 is 19.7 Å². The molecule has 0 fully saturated rings. The Hall–Kier alpha value is -2.45. The number of azo groups is 1. The van der Waals surface area contributed by atoms with Gasteiger partial charge in [0, 0.05) is 10.8 Å². The van der Waals surface area contributed by atoms with Crippen LogP contribution in [0.5, 0.6) is 5.75 Å². The Morgan fingerprint density at radius 2 is 1.69 bits per heavy atom. The fourth-order valence-electron chi connectivity index (χ4n) is 2.64. The maximum atomic E-state index is 10.4. The Kier molecular flexibility index (Phi) is 5.53. The van der Waals surface area contributed by atoms with Gasteiger partial charge in [0.05, 0.1) is 22.6 Å². The van der Waals surface area contributed by atoms with Crippen molar-refractivity contribution in [3.05, 3.63) is 59.2 Å². The third-order valence-corrected chi connectivity index (χ3v) is 4.82. The van der Waals surface area contributed by atoms with Crippen molar-refractivity contribution in [3.8, 4) is 5.75 Å². The lowest BCUT2D eigenvalue weighted by atomic mass is 10.0. The monoisotopic (exact) mass is 370 g/mol. The molecule has 3 aromatic rings. The van der Waals surface area contributed by atoms with Crippen LogP contribution in [0.25, 0.3) is 10.8 Å². The average molecular weight is 370 g/mol. The van der Waals surface area contributed by atoms with Crippen molar-refractivity contribution in [3.63, 3.8) is 0 Å². The molecule has 3 aromatic carbocycles. The number of phenols is 1. The summed E-state index contributed by atoms with van der Waals surface area (Å²) in [5.74, 6) is 0.261. The summed E-state index contributed by atoms with van der Waals surface area (Å²) < 4.78 is 4.52. The first-order valence-electron chi connectivity index (χ1n) is 7.90. The van der Waals surface area contributed by atoms with Crippen LogP contribution < -0.4 is 0 Å². The van der Waals surface area contributed by atoms with Crippen LogP contribution in [0, 0.1) is 20.8 Å². The number of hydrogen-bond acceptors (Lipinski definition) is 7. The third kappa shape index (κ3) is 3.71. The second kappa shape index (κ2) is 7.84. The zero-order chi connectivity index (χ0) is 18.7. The Bertz CT molecular complexity index is 989. The van der Waals surface area contributed by atoms with E-state index in [-0.39, 0.29) is 5.75 Å². The van der Waals surface area contributed by atoms with E-state index in [1.165, 1.54) is 0 Å². The van der Waals surface area contributed by atoms with E-state index in [1.54, 1.807) is 6.07 Å². The standard InChI is InChI=1S/C19H18N2O4S/c1-11-7-8-17(18(9-11)26-25-24-23)21-20-16-6-4-5-14-15(16)10-12(2)13(3)19(14)22/h4-10,22-23H,1-3H3. The molecule has 0 amide bonds. The second-order valence-corrected chi connectivity index (χ2v) is 6.68. The highest BCUT2D eigenvalue weighted by Crippen LogP contribution is 2.37. The summed E-state index contributed by atoms with van der Waals surface area (Å²) in [6.45, 7) is 5.77. The quantitative estimate of drug-likeness (QED) is 0.238. The van der Waals surface area contributed by atoms with Crippen LogP contribution in [0.15, 0.2) is 57.6 Å². The van der Waals surface area contributed by atoms with Crippen LogP contribution in [0.4, 0.5) is 11.4 Å². The van der Waals surface area contributed by atoms with E-state index >= 15 is 0 Å².